The lowest BCUT2D eigenvalue weighted by atomic mass is 10.0. The number of nitrogens with one attached hydrogen (secondary N) is 1. The largest absolute Gasteiger partial charge is 0.380 e. The van der Waals surface area contributed by atoms with Crippen LogP contribution in [0.5, 0.6) is 0 Å². The molecule has 2 rings (SSSR count). The summed E-state index contributed by atoms with van der Waals surface area (Å²) < 4.78 is 1.19. The first-order valence-electron chi connectivity index (χ1n) is 5.04. The zero-order valence-electron chi connectivity index (χ0n) is 8.97. The van der Waals surface area contributed by atoms with Crippen LogP contribution >= 0.6 is 15.9 Å². The number of allylic oxidation sites excluding steroid dienone is 2. The average molecular weight is 264 g/mol. The van der Waals surface area contributed by atoms with Gasteiger partial charge in [0.05, 0.1) is 0 Å². The fraction of sp³-hybridized carbons (Fsp3) is 0.231. The first kappa shape index (κ1) is 10.5. The Morgan fingerprint density at radius 3 is 2.60 bits per heavy atom. The van der Waals surface area contributed by atoms with E-state index >= 15 is 0 Å². The van der Waals surface area contributed by atoms with Crippen molar-refractivity contribution in [3.8, 4) is 0 Å². The molecule has 0 aliphatic carbocycles. The van der Waals surface area contributed by atoms with Crippen LogP contribution in [0.25, 0.3) is 5.70 Å². The molecule has 78 valence electrons. The standard InChI is InChI=1S/C13H14BrN/c1-9-3-5-12(10(2)7-9)13-6-4-11(14)8-15-13/h3-7,15H,8H2,1-2H3. The fourth-order valence-corrected chi connectivity index (χ4v) is 2.04. The molecule has 1 aromatic carbocycles. The predicted molar refractivity (Wildman–Crippen MR) is 68.9 cm³/mol. The first-order chi connectivity index (χ1) is 7.16. The molecule has 1 aliphatic rings. The molecule has 1 heterocycles. The SMILES string of the molecule is Cc1ccc(C2=CC=C(Br)CN2)c(C)c1. The second-order valence-corrected chi connectivity index (χ2v) is 4.88. The van der Waals surface area contributed by atoms with Gasteiger partial charge >= 0.3 is 0 Å². The summed E-state index contributed by atoms with van der Waals surface area (Å²) in [6, 6.07) is 6.54. The van der Waals surface area contributed by atoms with Gasteiger partial charge in [-0.05, 0) is 31.6 Å². The summed E-state index contributed by atoms with van der Waals surface area (Å²) in [6.07, 6.45) is 4.22. The Morgan fingerprint density at radius 2 is 2.00 bits per heavy atom. The lowest BCUT2D eigenvalue weighted by Gasteiger charge is -2.16. The molecule has 0 spiro atoms. The molecule has 0 unspecified atom stereocenters. The van der Waals surface area contributed by atoms with Gasteiger partial charge in [0.25, 0.3) is 0 Å². The minimum atomic E-state index is 0.874. The van der Waals surface area contributed by atoms with Crippen molar-refractivity contribution in [1.82, 2.24) is 5.32 Å². The molecule has 1 aromatic rings. The highest BCUT2D eigenvalue weighted by molar-refractivity contribution is 9.11. The van der Waals surface area contributed by atoms with Crippen LogP contribution in [0.15, 0.2) is 34.8 Å². The van der Waals surface area contributed by atoms with Crippen molar-refractivity contribution in [3.05, 3.63) is 51.5 Å². The minimum absolute atomic E-state index is 0.874. The van der Waals surface area contributed by atoms with Gasteiger partial charge in [0.2, 0.25) is 0 Å². The summed E-state index contributed by atoms with van der Waals surface area (Å²) in [5.74, 6) is 0. The number of hydrogen-bond donors (Lipinski definition) is 1. The van der Waals surface area contributed by atoms with Gasteiger partial charge in [-0.2, -0.15) is 0 Å². The molecule has 15 heavy (non-hydrogen) atoms. The molecular weight excluding hydrogens is 250 g/mol. The van der Waals surface area contributed by atoms with Crippen molar-refractivity contribution in [3.63, 3.8) is 0 Å². The maximum Gasteiger partial charge on any atom is 0.0466 e. The fourth-order valence-electron chi connectivity index (χ4n) is 1.77. The van der Waals surface area contributed by atoms with Crippen molar-refractivity contribution >= 4 is 21.6 Å². The van der Waals surface area contributed by atoms with Crippen molar-refractivity contribution in [2.24, 2.45) is 0 Å². The summed E-state index contributed by atoms with van der Waals surface area (Å²) in [4.78, 5) is 0. The molecule has 1 N–H and O–H groups in total. The number of rotatable bonds is 1. The third-order valence-corrected chi connectivity index (χ3v) is 3.10. The van der Waals surface area contributed by atoms with Gasteiger partial charge in [0, 0.05) is 22.3 Å². The van der Waals surface area contributed by atoms with Gasteiger partial charge in [-0.3, -0.25) is 0 Å². The molecule has 0 radical (unpaired) electrons. The van der Waals surface area contributed by atoms with Crippen LogP contribution in [-0.4, -0.2) is 6.54 Å². The highest BCUT2D eigenvalue weighted by Crippen LogP contribution is 2.21. The van der Waals surface area contributed by atoms with E-state index in [1.165, 1.54) is 26.9 Å². The lowest BCUT2D eigenvalue weighted by molar-refractivity contribution is 0.984. The second kappa shape index (κ2) is 4.23. The highest BCUT2D eigenvalue weighted by Gasteiger charge is 2.07. The molecule has 0 saturated carbocycles. The van der Waals surface area contributed by atoms with Gasteiger partial charge in [0.15, 0.2) is 0 Å². The first-order valence-corrected chi connectivity index (χ1v) is 5.84. The Kier molecular flexibility index (Phi) is 2.96. The monoisotopic (exact) mass is 263 g/mol. The van der Waals surface area contributed by atoms with E-state index in [9.17, 15) is 0 Å². The van der Waals surface area contributed by atoms with E-state index in [1.807, 2.05) is 0 Å². The van der Waals surface area contributed by atoms with Crippen LogP contribution in [0.1, 0.15) is 16.7 Å². The molecule has 0 amide bonds. The second-order valence-electron chi connectivity index (χ2n) is 3.87. The summed E-state index contributed by atoms with van der Waals surface area (Å²) in [5.41, 5.74) is 5.12. The Bertz CT molecular complexity index is 444. The number of aryl methyl sites for hydroxylation is 2. The van der Waals surface area contributed by atoms with Crippen LogP contribution < -0.4 is 5.32 Å². The van der Waals surface area contributed by atoms with Crippen molar-refractivity contribution in [2.45, 2.75) is 13.8 Å². The zero-order valence-corrected chi connectivity index (χ0v) is 10.6. The van der Waals surface area contributed by atoms with Gasteiger partial charge in [-0.25, -0.2) is 0 Å². The summed E-state index contributed by atoms with van der Waals surface area (Å²) in [6.45, 7) is 5.15. The van der Waals surface area contributed by atoms with Crippen LogP contribution in [0.2, 0.25) is 0 Å². The smallest absolute Gasteiger partial charge is 0.0466 e. The molecule has 1 nitrogen and oxygen atoms in total. The van der Waals surface area contributed by atoms with Crippen LogP contribution in [0.3, 0.4) is 0 Å². The Balaban J connectivity index is 2.38. The average Bonchev–Trinajstić information content (AvgIpc) is 2.20. The van der Waals surface area contributed by atoms with Crippen molar-refractivity contribution in [2.75, 3.05) is 6.54 Å². The summed E-state index contributed by atoms with van der Waals surface area (Å²) in [7, 11) is 0. The van der Waals surface area contributed by atoms with Crippen molar-refractivity contribution < 1.29 is 0 Å². The van der Waals surface area contributed by atoms with Gasteiger partial charge in [-0.1, -0.05) is 39.7 Å². The predicted octanol–water partition coefficient (Wildman–Crippen LogP) is 3.53. The van der Waals surface area contributed by atoms with E-state index in [0.717, 1.165) is 6.54 Å². The molecule has 0 fully saturated rings. The van der Waals surface area contributed by atoms with E-state index in [4.69, 9.17) is 0 Å². The maximum atomic E-state index is 3.47. The number of dihydropyridines is 1. The maximum absolute atomic E-state index is 3.47. The third-order valence-electron chi connectivity index (χ3n) is 2.55. The quantitative estimate of drug-likeness (QED) is 0.818. The molecule has 0 saturated heterocycles. The Morgan fingerprint density at radius 1 is 1.20 bits per heavy atom. The van der Waals surface area contributed by atoms with E-state index < -0.39 is 0 Å². The van der Waals surface area contributed by atoms with Crippen LogP contribution in [-0.2, 0) is 0 Å². The van der Waals surface area contributed by atoms with E-state index in [2.05, 4.69) is 65.4 Å². The topological polar surface area (TPSA) is 12.0 Å². The molecule has 0 aromatic heterocycles. The Hall–Kier alpha value is -1.02. The normalized spacial score (nSPS) is 15.4. The summed E-state index contributed by atoms with van der Waals surface area (Å²) >= 11 is 3.47. The van der Waals surface area contributed by atoms with E-state index in [0.29, 0.717) is 0 Å². The molecule has 0 bridgehead atoms. The molecule has 1 aliphatic heterocycles. The Labute approximate surface area is 99.0 Å². The van der Waals surface area contributed by atoms with Crippen molar-refractivity contribution in [1.29, 1.82) is 0 Å². The number of benzene rings is 1. The van der Waals surface area contributed by atoms with Gasteiger partial charge in [0.1, 0.15) is 0 Å². The number of halogens is 1. The molecule has 2 heteroatoms. The summed E-state index contributed by atoms with van der Waals surface area (Å²) in [5, 5.41) is 3.39. The van der Waals surface area contributed by atoms with Gasteiger partial charge in [-0.15, -0.1) is 0 Å². The lowest BCUT2D eigenvalue weighted by Crippen LogP contribution is -2.17. The third kappa shape index (κ3) is 2.32. The van der Waals surface area contributed by atoms with Crippen LogP contribution in [0, 0.1) is 13.8 Å². The highest BCUT2D eigenvalue weighted by atomic mass is 79.9. The minimum Gasteiger partial charge on any atom is -0.380 e. The van der Waals surface area contributed by atoms with E-state index in [1.54, 1.807) is 0 Å². The van der Waals surface area contributed by atoms with Crippen LogP contribution in [0.4, 0.5) is 0 Å². The number of hydrogen-bond acceptors (Lipinski definition) is 1. The zero-order chi connectivity index (χ0) is 10.8. The molecular formula is C13H14BrN. The molecule has 0 atom stereocenters. The van der Waals surface area contributed by atoms with E-state index in [-0.39, 0.29) is 0 Å². The van der Waals surface area contributed by atoms with Gasteiger partial charge < -0.3 is 5.32 Å².